The van der Waals surface area contributed by atoms with Gasteiger partial charge < -0.3 is 14.8 Å². The van der Waals surface area contributed by atoms with Crippen molar-refractivity contribution in [3.8, 4) is 11.5 Å². The summed E-state index contributed by atoms with van der Waals surface area (Å²) >= 11 is 1.62. The van der Waals surface area contributed by atoms with Crippen molar-refractivity contribution < 1.29 is 14.3 Å². The molecule has 1 N–H and O–H groups in total. The summed E-state index contributed by atoms with van der Waals surface area (Å²) in [6, 6.07) is 15.8. The molecule has 0 aliphatic carbocycles. The molecular formula is C19H21NO3S. The van der Waals surface area contributed by atoms with Crippen LogP contribution in [-0.4, -0.2) is 30.9 Å². The van der Waals surface area contributed by atoms with Crippen molar-refractivity contribution in [1.29, 1.82) is 0 Å². The monoisotopic (exact) mass is 343 g/mol. The highest BCUT2D eigenvalue weighted by Gasteiger charge is 2.20. The molecule has 4 nitrogen and oxygen atoms in total. The van der Waals surface area contributed by atoms with Gasteiger partial charge in [0, 0.05) is 5.75 Å². The molecule has 5 heteroatoms. The number of carbonyl (C=O) groups is 1. The van der Waals surface area contributed by atoms with Crippen molar-refractivity contribution in [3.63, 3.8) is 0 Å². The minimum Gasteiger partial charge on any atom is -0.486 e. The Morgan fingerprint density at radius 1 is 1.17 bits per heavy atom. The second-order valence-electron chi connectivity index (χ2n) is 5.72. The first-order valence-corrected chi connectivity index (χ1v) is 9.15. The Hall–Kier alpha value is -2.14. The summed E-state index contributed by atoms with van der Waals surface area (Å²) in [4.78, 5) is 12.0. The van der Waals surface area contributed by atoms with Gasteiger partial charge in [0.1, 0.15) is 12.7 Å². The van der Waals surface area contributed by atoms with Crippen molar-refractivity contribution in [2.45, 2.75) is 18.8 Å². The lowest BCUT2D eigenvalue weighted by molar-refractivity contribution is -0.119. The van der Waals surface area contributed by atoms with E-state index in [1.807, 2.05) is 36.4 Å². The molecule has 1 aliphatic rings. The van der Waals surface area contributed by atoms with Crippen LogP contribution in [0.1, 0.15) is 11.1 Å². The molecule has 0 bridgehead atoms. The summed E-state index contributed by atoms with van der Waals surface area (Å²) < 4.78 is 11.5. The normalized spacial score (nSPS) is 15.8. The van der Waals surface area contributed by atoms with Crippen LogP contribution in [0, 0.1) is 6.92 Å². The molecule has 3 rings (SSSR count). The maximum Gasteiger partial charge on any atom is 0.230 e. The summed E-state index contributed by atoms with van der Waals surface area (Å²) in [5, 5.41) is 2.92. The zero-order valence-corrected chi connectivity index (χ0v) is 14.5. The number of para-hydroxylation sites is 2. The molecule has 0 aromatic heterocycles. The van der Waals surface area contributed by atoms with Crippen LogP contribution in [-0.2, 0) is 10.5 Å². The lowest BCUT2D eigenvalue weighted by Crippen LogP contribution is -2.41. The van der Waals surface area contributed by atoms with Crippen molar-refractivity contribution in [1.82, 2.24) is 5.32 Å². The Morgan fingerprint density at radius 3 is 2.75 bits per heavy atom. The number of amides is 1. The van der Waals surface area contributed by atoms with Gasteiger partial charge in [-0.2, -0.15) is 0 Å². The Kier molecular flexibility index (Phi) is 5.64. The topological polar surface area (TPSA) is 47.6 Å². The van der Waals surface area contributed by atoms with Crippen molar-refractivity contribution >= 4 is 17.7 Å². The van der Waals surface area contributed by atoms with Gasteiger partial charge in [0.15, 0.2) is 11.5 Å². The van der Waals surface area contributed by atoms with Gasteiger partial charge in [-0.05, 0) is 30.2 Å². The zero-order valence-electron chi connectivity index (χ0n) is 13.7. The predicted octanol–water partition coefficient (Wildman–Crippen LogP) is 3.18. The van der Waals surface area contributed by atoms with E-state index in [0.29, 0.717) is 18.9 Å². The van der Waals surface area contributed by atoms with Crippen molar-refractivity contribution in [3.05, 3.63) is 59.7 Å². The number of aryl methyl sites for hydroxylation is 1. The van der Waals surface area contributed by atoms with Crippen LogP contribution in [0.25, 0.3) is 0 Å². The number of nitrogens with one attached hydrogen (secondary N) is 1. The summed E-state index contributed by atoms with van der Waals surface area (Å²) in [6.07, 6.45) is -0.148. The molecule has 1 amide bonds. The molecule has 24 heavy (non-hydrogen) atoms. The van der Waals surface area contributed by atoms with E-state index >= 15 is 0 Å². The number of fused-ring (bicyclic) bond motifs is 1. The summed E-state index contributed by atoms with van der Waals surface area (Å²) in [6.45, 7) is 3.00. The fourth-order valence-corrected chi connectivity index (χ4v) is 3.40. The number of carbonyl (C=O) groups excluding carboxylic acids is 1. The molecule has 2 aromatic rings. The van der Waals surface area contributed by atoms with Crippen LogP contribution in [0.15, 0.2) is 48.5 Å². The molecule has 2 aromatic carbocycles. The fourth-order valence-electron chi connectivity index (χ4n) is 2.47. The first kappa shape index (κ1) is 16.7. The second kappa shape index (κ2) is 8.11. The molecule has 0 fully saturated rings. The smallest absolute Gasteiger partial charge is 0.230 e. The number of thioether (sulfide) groups is 1. The predicted molar refractivity (Wildman–Crippen MR) is 96.7 cm³/mol. The van der Waals surface area contributed by atoms with Crippen LogP contribution in [0.5, 0.6) is 11.5 Å². The highest BCUT2D eigenvalue weighted by molar-refractivity contribution is 7.99. The van der Waals surface area contributed by atoms with Gasteiger partial charge in [0.05, 0.1) is 12.3 Å². The van der Waals surface area contributed by atoms with Gasteiger partial charge in [-0.15, -0.1) is 11.8 Å². The van der Waals surface area contributed by atoms with Crippen LogP contribution >= 0.6 is 11.8 Å². The van der Waals surface area contributed by atoms with E-state index in [-0.39, 0.29) is 12.0 Å². The van der Waals surface area contributed by atoms with Crippen molar-refractivity contribution in [2.75, 3.05) is 18.9 Å². The number of hydrogen-bond acceptors (Lipinski definition) is 4. The Balaban J connectivity index is 1.38. The number of ether oxygens (including phenoxy) is 2. The first-order valence-electron chi connectivity index (χ1n) is 8.00. The minimum absolute atomic E-state index is 0.0241. The second-order valence-corrected chi connectivity index (χ2v) is 6.71. The molecule has 126 valence electrons. The third kappa shape index (κ3) is 4.45. The largest absolute Gasteiger partial charge is 0.486 e. The number of rotatable bonds is 6. The highest BCUT2D eigenvalue weighted by atomic mass is 32.2. The number of hydrogen-bond donors (Lipinski definition) is 1. The Labute approximate surface area is 146 Å². The van der Waals surface area contributed by atoms with Crippen LogP contribution in [0.4, 0.5) is 0 Å². The van der Waals surface area contributed by atoms with Gasteiger partial charge in [0.25, 0.3) is 0 Å². The maximum absolute atomic E-state index is 12.0. The van der Waals surface area contributed by atoms with Gasteiger partial charge >= 0.3 is 0 Å². The Morgan fingerprint density at radius 2 is 1.92 bits per heavy atom. The van der Waals surface area contributed by atoms with Crippen LogP contribution < -0.4 is 14.8 Å². The van der Waals surface area contributed by atoms with E-state index in [1.165, 1.54) is 11.1 Å². The molecular weight excluding hydrogens is 322 g/mol. The SMILES string of the molecule is Cc1ccccc1CSCC(=O)NC[C@@H]1COc2ccccc2O1. The quantitative estimate of drug-likeness (QED) is 0.875. The standard InChI is InChI=1S/C19H21NO3S/c1-14-6-2-3-7-15(14)12-24-13-19(21)20-10-16-11-22-17-8-4-5-9-18(17)23-16/h2-9,16H,10-13H2,1H3,(H,20,21)/t16-/m1/s1. The fraction of sp³-hybridized carbons (Fsp3) is 0.316. The molecule has 1 heterocycles. The van der Waals surface area contributed by atoms with E-state index < -0.39 is 0 Å². The third-order valence-electron chi connectivity index (χ3n) is 3.85. The summed E-state index contributed by atoms with van der Waals surface area (Å²) in [7, 11) is 0. The lowest BCUT2D eigenvalue weighted by atomic mass is 10.1. The first-order chi connectivity index (χ1) is 11.7. The average Bonchev–Trinajstić information content (AvgIpc) is 2.61. The van der Waals surface area contributed by atoms with Gasteiger partial charge in [0.2, 0.25) is 5.91 Å². The maximum atomic E-state index is 12.0. The molecule has 0 saturated heterocycles. The van der Waals surface area contributed by atoms with Crippen molar-refractivity contribution in [2.24, 2.45) is 0 Å². The van der Waals surface area contributed by atoms with Gasteiger partial charge in [-0.1, -0.05) is 36.4 Å². The highest BCUT2D eigenvalue weighted by Crippen LogP contribution is 2.30. The van der Waals surface area contributed by atoms with Gasteiger partial charge in [-0.25, -0.2) is 0 Å². The zero-order chi connectivity index (χ0) is 16.8. The van der Waals surface area contributed by atoms with E-state index in [0.717, 1.165) is 17.3 Å². The molecule has 0 saturated carbocycles. The molecule has 1 aliphatic heterocycles. The minimum atomic E-state index is -0.148. The summed E-state index contributed by atoms with van der Waals surface area (Å²) in [5.41, 5.74) is 2.53. The van der Waals surface area contributed by atoms with E-state index in [1.54, 1.807) is 11.8 Å². The molecule has 0 unspecified atom stereocenters. The van der Waals surface area contributed by atoms with Crippen LogP contribution in [0.2, 0.25) is 0 Å². The average molecular weight is 343 g/mol. The van der Waals surface area contributed by atoms with Crippen LogP contribution in [0.3, 0.4) is 0 Å². The number of benzene rings is 2. The molecule has 0 spiro atoms. The van der Waals surface area contributed by atoms with E-state index in [4.69, 9.17) is 9.47 Å². The van der Waals surface area contributed by atoms with E-state index in [9.17, 15) is 4.79 Å². The summed E-state index contributed by atoms with van der Waals surface area (Å²) in [5.74, 6) is 2.80. The Bertz CT molecular complexity index is 705. The molecule has 1 atom stereocenters. The molecule has 0 radical (unpaired) electrons. The van der Waals surface area contributed by atoms with Gasteiger partial charge in [-0.3, -0.25) is 4.79 Å². The third-order valence-corrected chi connectivity index (χ3v) is 4.83. The lowest BCUT2D eigenvalue weighted by Gasteiger charge is -2.26. The van der Waals surface area contributed by atoms with E-state index in [2.05, 4.69) is 24.4 Å².